The van der Waals surface area contributed by atoms with Crippen molar-refractivity contribution in [3.8, 4) is 22.8 Å². The van der Waals surface area contributed by atoms with Gasteiger partial charge in [-0.2, -0.15) is 0 Å². The van der Waals surface area contributed by atoms with Crippen LogP contribution in [0.15, 0.2) is 53.6 Å². The highest BCUT2D eigenvalue weighted by molar-refractivity contribution is 7.11. The minimum Gasteiger partial charge on any atom is -0.510 e. The Labute approximate surface area is 185 Å². The van der Waals surface area contributed by atoms with Gasteiger partial charge in [-0.1, -0.05) is 32.0 Å². The van der Waals surface area contributed by atoms with Crippen molar-refractivity contribution >= 4 is 28.4 Å². The number of amidine groups is 1. The zero-order valence-electron chi connectivity index (χ0n) is 18.0. The average Bonchev–Trinajstić information content (AvgIpc) is 3.37. The van der Waals surface area contributed by atoms with E-state index in [1.54, 1.807) is 14.2 Å². The Morgan fingerprint density at radius 3 is 2.55 bits per heavy atom. The van der Waals surface area contributed by atoms with Crippen LogP contribution in [0.1, 0.15) is 30.3 Å². The van der Waals surface area contributed by atoms with Crippen LogP contribution in [0.2, 0.25) is 0 Å². The van der Waals surface area contributed by atoms with E-state index in [2.05, 4.69) is 19.9 Å². The van der Waals surface area contributed by atoms with E-state index in [1.807, 2.05) is 46.7 Å². The summed E-state index contributed by atoms with van der Waals surface area (Å²) in [6, 6.07) is 13.7. The number of methoxy groups -OCH3 is 2. The number of nitrogens with one attached hydrogen (secondary N) is 1. The lowest BCUT2D eigenvalue weighted by molar-refractivity contribution is 0.355. The molecule has 2 aromatic carbocycles. The quantitative estimate of drug-likeness (QED) is 0.518. The van der Waals surface area contributed by atoms with Crippen molar-refractivity contribution in [3.05, 3.63) is 64.2 Å². The number of aromatic nitrogens is 1. The highest BCUT2D eigenvalue weighted by Crippen LogP contribution is 2.38. The molecule has 0 amide bonds. The molecule has 0 fully saturated rings. The van der Waals surface area contributed by atoms with E-state index < -0.39 is 0 Å². The third-order valence-corrected chi connectivity index (χ3v) is 6.21. The number of rotatable bonds is 6. The van der Waals surface area contributed by atoms with E-state index in [-0.39, 0.29) is 18.1 Å². The molecule has 6 nitrogen and oxygen atoms in total. The second kappa shape index (κ2) is 8.43. The number of ether oxygens (including phenoxy) is 2. The van der Waals surface area contributed by atoms with Crippen molar-refractivity contribution in [2.24, 2.45) is 0 Å². The highest BCUT2D eigenvalue weighted by atomic mass is 32.1. The molecule has 0 bridgehead atoms. The van der Waals surface area contributed by atoms with Gasteiger partial charge in [-0.15, -0.1) is 11.3 Å². The molecule has 1 aromatic heterocycles. The summed E-state index contributed by atoms with van der Waals surface area (Å²) in [6.45, 7) is 4.52. The normalized spacial score (nSPS) is 14.0. The SMILES string of the molecule is COc1ccc(-c2csc(C3=C(O)CN(c4ccccc4C(C)C)C3=N)n2)cc1OC. The van der Waals surface area contributed by atoms with Gasteiger partial charge in [0.25, 0.3) is 0 Å². The van der Waals surface area contributed by atoms with Crippen LogP contribution in [0.25, 0.3) is 16.8 Å². The standard InChI is InChI=1S/C24H25N3O3S/c1-14(2)16-7-5-6-8-18(16)27-12-19(28)22(23(27)25)24-26-17(13-31-24)15-9-10-20(29-3)21(11-15)30-4/h5-11,13-14,25,28H,12H2,1-4H3. The molecular formula is C24H25N3O3S. The zero-order chi connectivity index (χ0) is 22.1. The predicted octanol–water partition coefficient (Wildman–Crippen LogP) is 5.72. The van der Waals surface area contributed by atoms with E-state index in [9.17, 15) is 5.11 Å². The molecule has 31 heavy (non-hydrogen) atoms. The molecule has 7 heteroatoms. The molecule has 0 saturated carbocycles. The molecule has 0 aliphatic carbocycles. The van der Waals surface area contributed by atoms with Crippen molar-refractivity contribution in [1.29, 1.82) is 5.41 Å². The van der Waals surface area contributed by atoms with Gasteiger partial charge in [-0.05, 0) is 35.7 Å². The van der Waals surface area contributed by atoms with Crippen LogP contribution in [-0.2, 0) is 0 Å². The summed E-state index contributed by atoms with van der Waals surface area (Å²) in [5.74, 6) is 2.02. The fraction of sp³-hybridized carbons (Fsp3) is 0.250. The zero-order valence-corrected chi connectivity index (χ0v) is 18.8. The summed E-state index contributed by atoms with van der Waals surface area (Å²) in [5.41, 5.74) is 4.21. The molecular weight excluding hydrogens is 410 g/mol. The first-order valence-electron chi connectivity index (χ1n) is 10.00. The lowest BCUT2D eigenvalue weighted by Gasteiger charge is -2.23. The molecule has 2 N–H and O–H groups in total. The molecule has 2 heterocycles. The summed E-state index contributed by atoms with van der Waals surface area (Å²) in [6.07, 6.45) is 0. The van der Waals surface area contributed by atoms with Crippen LogP contribution < -0.4 is 14.4 Å². The Kier molecular flexibility index (Phi) is 5.69. The lowest BCUT2D eigenvalue weighted by atomic mass is 10.0. The molecule has 160 valence electrons. The fourth-order valence-electron chi connectivity index (χ4n) is 3.75. The van der Waals surface area contributed by atoms with Crippen molar-refractivity contribution in [2.45, 2.75) is 19.8 Å². The van der Waals surface area contributed by atoms with Gasteiger partial charge in [0.05, 0.1) is 32.0 Å². The maximum absolute atomic E-state index is 10.7. The minimum atomic E-state index is 0.164. The maximum Gasteiger partial charge on any atom is 0.161 e. The van der Waals surface area contributed by atoms with Crippen LogP contribution in [0, 0.1) is 5.41 Å². The summed E-state index contributed by atoms with van der Waals surface area (Å²) in [4.78, 5) is 6.56. The summed E-state index contributed by atoms with van der Waals surface area (Å²) in [5, 5.41) is 22.1. The number of nitrogens with zero attached hydrogens (tertiary/aromatic N) is 2. The Hall–Kier alpha value is -3.32. The number of aliphatic hydroxyl groups excluding tert-OH is 1. The van der Waals surface area contributed by atoms with Crippen LogP contribution in [0.4, 0.5) is 5.69 Å². The average molecular weight is 436 g/mol. The molecule has 0 atom stereocenters. The minimum absolute atomic E-state index is 0.164. The topological polar surface area (TPSA) is 78.7 Å². The number of hydrogen-bond donors (Lipinski definition) is 2. The van der Waals surface area contributed by atoms with Gasteiger partial charge >= 0.3 is 0 Å². The van der Waals surface area contributed by atoms with Gasteiger partial charge in [0.2, 0.25) is 0 Å². The van der Waals surface area contributed by atoms with Gasteiger partial charge in [0.1, 0.15) is 16.6 Å². The number of benzene rings is 2. The predicted molar refractivity (Wildman–Crippen MR) is 126 cm³/mol. The maximum atomic E-state index is 10.7. The second-order valence-electron chi connectivity index (χ2n) is 7.58. The second-order valence-corrected chi connectivity index (χ2v) is 8.44. The first-order valence-corrected chi connectivity index (χ1v) is 10.9. The fourth-order valence-corrected chi connectivity index (χ4v) is 4.64. The summed E-state index contributed by atoms with van der Waals surface area (Å²) in [7, 11) is 3.20. The van der Waals surface area contributed by atoms with Gasteiger partial charge in [-0.3, -0.25) is 5.41 Å². The van der Waals surface area contributed by atoms with Crippen molar-refractivity contribution in [1.82, 2.24) is 4.98 Å². The van der Waals surface area contributed by atoms with E-state index in [1.165, 1.54) is 11.3 Å². The number of hydrogen-bond acceptors (Lipinski definition) is 6. The van der Waals surface area contributed by atoms with E-state index >= 15 is 0 Å². The van der Waals surface area contributed by atoms with Crippen LogP contribution >= 0.6 is 11.3 Å². The Bertz CT molecular complexity index is 1170. The molecule has 3 aromatic rings. The van der Waals surface area contributed by atoms with Crippen molar-refractivity contribution in [3.63, 3.8) is 0 Å². The van der Waals surface area contributed by atoms with Crippen LogP contribution in [0.3, 0.4) is 0 Å². The highest BCUT2D eigenvalue weighted by Gasteiger charge is 2.32. The molecule has 0 spiro atoms. The van der Waals surface area contributed by atoms with Crippen LogP contribution in [-0.4, -0.2) is 36.7 Å². The van der Waals surface area contributed by atoms with Crippen LogP contribution in [0.5, 0.6) is 11.5 Å². The number of aliphatic hydroxyl groups is 1. The molecule has 1 aliphatic heterocycles. The monoisotopic (exact) mass is 435 g/mol. The molecule has 4 rings (SSSR count). The number of anilines is 1. The van der Waals surface area contributed by atoms with Gasteiger partial charge in [0.15, 0.2) is 11.5 Å². The largest absolute Gasteiger partial charge is 0.510 e. The number of para-hydroxylation sites is 1. The first kappa shape index (κ1) is 20.9. The molecule has 1 aliphatic rings. The van der Waals surface area contributed by atoms with Crippen molar-refractivity contribution in [2.75, 3.05) is 25.7 Å². The van der Waals surface area contributed by atoms with Gasteiger partial charge in [-0.25, -0.2) is 4.98 Å². The van der Waals surface area contributed by atoms with Gasteiger partial charge in [0, 0.05) is 16.6 Å². The Morgan fingerprint density at radius 1 is 1.10 bits per heavy atom. The number of thiazole rings is 1. The summed E-state index contributed by atoms with van der Waals surface area (Å²) < 4.78 is 10.7. The lowest BCUT2D eigenvalue weighted by Crippen LogP contribution is -2.27. The molecule has 0 radical (unpaired) electrons. The van der Waals surface area contributed by atoms with Gasteiger partial charge < -0.3 is 19.5 Å². The third-order valence-electron chi connectivity index (χ3n) is 5.35. The molecule has 0 unspecified atom stereocenters. The van der Waals surface area contributed by atoms with E-state index in [0.717, 1.165) is 22.5 Å². The van der Waals surface area contributed by atoms with E-state index in [0.29, 0.717) is 28.0 Å². The van der Waals surface area contributed by atoms with Crippen molar-refractivity contribution < 1.29 is 14.6 Å². The third kappa shape index (κ3) is 3.77. The Balaban J connectivity index is 1.65. The smallest absolute Gasteiger partial charge is 0.161 e. The Morgan fingerprint density at radius 2 is 1.84 bits per heavy atom. The summed E-state index contributed by atoms with van der Waals surface area (Å²) >= 11 is 1.41. The molecule has 0 saturated heterocycles. The van der Waals surface area contributed by atoms with E-state index in [4.69, 9.17) is 19.9 Å². The first-order chi connectivity index (χ1) is 14.9.